The lowest BCUT2D eigenvalue weighted by Crippen LogP contribution is -2.50. The predicted molar refractivity (Wildman–Crippen MR) is 88.1 cm³/mol. The van der Waals surface area contributed by atoms with Gasteiger partial charge in [0.2, 0.25) is 5.91 Å². The third kappa shape index (κ3) is 4.21. The van der Waals surface area contributed by atoms with E-state index < -0.39 is 0 Å². The highest BCUT2D eigenvalue weighted by atomic mass is 16.2. The van der Waals surface area contributed by atoms with Gasteiger partial charge in [0.05, 0.1) is 0 Å². The van der Waals surface area contributed by atoms with Crippen molar-refractivity contribution in [3.8, 4) is 0 Å². The Kier molecular flexibility index (Phi) is 5.70. The molecule has 2 aliphatic rings. The first kappa shape index (κ1) is 16.8. The maximum absolute atomic E-state index is 11.6. The van der Waals surface area contributed by atoms with Crippen molar-refractivity contribution >= 4 is 5.91 Å². The minimum Gasteiger partial charge on any atom is -0.342 e. The van der Waals surface area contributed by atoms with E-state index in [1.807, 2.05) is 4.90 Å². The summed E-state index contributed by atoms with van der Waals surface area (Å²) in [5.41, 5.74) is 0. The molecule has 2 saturated heterocycles. The summed E-state index contributed by atoms with van der Waals surface area (Å²) in [5.74, 6) is 4.00. The van der Waals surface area contributed by atoms with E-state index >= 15 is 0 Å². The van der Waals surface area contributed by atoms with E-state index in [4.69, 9.17) is 0 Å². The monoisotopic (exact) mass is 294 g/mol. The van der Waals surface area contributed by atoms with Gasteiger partial charge in [0.25, 0.3) is 0 Å². The molecule has 0 aromatic carbocycles. The molecule has 0 aromatic rings. The Labute approximate surface area is 131 Å². The molecule has 0 bridgehead atoms. The Hall–Kier alpha value is -0.570. The smallest absolute Gasteiger partial charge is 0.219 e. The number of carbonyl (C=O) groups is 1. The van der Waals surface area contributed by atoms with Crippen molar-refractivity contribution in [3.05, 3.63) is 0 Å². The van der Waals surface area contributed by atoms with Gasteiger partial charge in [0, 0.05) is 26.6 Å². The lowest BCUT2D eigenvalue weighted by molar-refractivity contribution is -0.133. The summed E-state index contributed by atoms with van der Waals surface area (Å²) in [6.45, 7) is 16.8. The molecule has 2 heterocycles. The average molecular weight is 294 g/mol. The molecule has 0 radical (unpaired) electrons. The molecule has 0 aromatic heterocycles. The topological polar surface area (TPSA) is 23.6 Å². The predicted octanol–water partition coefficient (Wildman–Crippen LogP) is 3.10. The fourth-order valence-electron chi connectivity index (χ4n) is 4.32. The summed E-state index contributed by atoms with van der Waals surface area (Å²) in [4.78, 5) is 16.3. The molecule has 2 aliphatic heterocycles. The second-order valence-corrected chi connectivity index (χ2v) is 7.92. The highest BCUT2D eigenvalue weighted by Crippen LogP contribution is 2.31. The maximum atomic E-state index is 11.6. The number of rotatable bonds is 3. The average Bonchev–Trinajstić information content (AvgIpc) is 2.43. The van der Waals surface area contributed by atoms with Crippen molar-refractivity contribution < 1.29 is 4.79 Å². The van der Waals surface area contributed by atoms with Gasteiger partial charge in [0.15, 0.2) is 0 Å². The van der Waals surface area contributed by atoms with Crippen LogP contribution in [0.2, 0.25) is 0 Å². The molecule has 0 N–H and O–H groups in total. The Morgan fingerprint density at radius 3 is 2.05 bits per heavy atom. The fraction of sp³-hybridized carbons (Fsp3) is 0.944. The molecule has 21 heavy (non-hydrogen) atoms. The number of hydrogen-bond donors (Lipinski definition) is 0. The van der Waals surface area contributed by atoms with Gasteiger partial charge in [-0.3, -0.25) is 4.79 Å². The molecule has 122 valence electrons. The van der Waals surface area contributed by atoms with Crippen LogP contribution in [-0.2, 0) is 4.79 Å². The number of likely N-dealkylation sites (tertiary alicyclic amines) is 2. The molecule has 1 unspecified atom stereocenters. The van der Waals surface area contributed by atoms with E-state index in [-0.39, 0.29) is 5.91 Å². The summed E-state index contributed by atoms with van der Waals surface area (Å²) < 4.78 is 0. The number of carbonyl (C=O) groups excluding carboxylic acids is 1. The van der Waals surface area contributed by atoms with Crippen molar-refractivity contribution in [2.24, 2.45) is 29.6 Å². The SMILES string of the molecule is CC(=O)N1C[C@@H](C)C(CN2CCC(C(C)C)CC2)[C@@H](C)C1. The molecule has 3 atom stereocenters. The lowest BCUT2D eigenvalue weighted by atomic mass is 9.78. The standard InChI is InChI=1S/C18H34N2O/c1-13(2)17-6-8-19(9-7-17)12-18-14(3)10-20(16(5)21)11-15(18)4/h13-15,17-18H,6-12H2,1-5H3/t14-,15+,18?. The van der Waals surface area contributed by atoms with Crippen LogP contribution in [0.15, 0.2) is 0 Å². The highest BCUT2D eigenvalue weighted by Gasteiger charge is 2.34. The van der Waals surface area contributed by atoms with Gasteiger partial charge in [-0.1, -0.05) is 27.7 Å². The van der Waals surface area contributed by atoms with Crippen LogP contribution in [-0.4, -0.2) is 48.4 Å². The Balaban J connectivity index is 1.84. The Morgan fingerprint density at radius 2 is 1.62 bits per heavy atom. The van der Waals surface area contributed by atoms with E-state index in [0.717, 1.165) is 30.8 Å². The molecule has 2 fully saturated rings. The number of nitrogens with zero attached hydrogens (tertiary/aromatic N) is 2. The maximum Gasteiger partial charge on any atom is 0.219 e. The second kappa shape index (κ2) is 7.13. The molecule has 0 aliphatic carbocycles. The van der Waals surface area contributed by atoms with E-state index in [1.54, 1.807) is 6.92 Å². The first-order chi connectivity index (χ1) is 9.88. The third-order valence-corrected chi connectivity index (χ3v) is 5.97. The van der Waals surface area contributed by atoms with E-state index in [9.17, 15) is 4.79 Å². The molecular formula is C18H34N2O. The van der Waals surface area contributed by atoms with Gasteiger partial charge in [-0.2, -0.15) is 0 Å². The molecule has 2 rings (SSSR count). The van der Waals surface area contributed by atoms with Crippen LogP contribution in [0.25, 0.3) is 0 Å². The number of piperidine rings is 2. The third-order valence-electron chi connectivity index (χ3n) is 5.97. The van der Waals surface area contributed by atoms with E-state index in [1.165, 1.54) is 32.5 Å². The highest BCUT2D eigenvalue weighted by molar-refractivity contribution is 5.73. The number of hydrogen-bond acceptors (Lipinski definition) is 2. The van der Waals surface area contributed by atoms with E-state index in [0.29, 0.717) is 11.8 Å². The zero-order valence-electron chi connectivity index (χ0n) is 14.6. The Morgan fingerprint density at radius 1 is 1.10 bits per heavy atom. The van der Waals surface area contributed by atoms with Crippen molar-refractivity contribution in [2.45, 2.75) is 47.5 Å². The van der Waals surface area contributed by atoms with Crippen molar-refractivity contribution in [2.75, 3.05) is 32.7 Å². The van der Waals surface area contributed by atoms with Crippen LogP contribution in [0, 0.1) is 29.6 Å². The molecule has 3 nitrogen and oxygen atoms in total. The van der Waals surface area contributed by atoms with Crippen molar-refractivity contribution in [1.82, 2.24) is 9.80 Å². The summed E-state index contributed by atoms with van der Waals surface area (Å²) in [6, 6.07) is 0. The van der Waals surface area contributed by atoms with Crippen LogP contribution >= 0.6 is 0 Å². The molecule has 3 heteroatoms. The van der Waals surface area contributed by atoms with Crippen LogP contribution in [0.5, 0.6) is 0 Å². The molecular weight excluding hydrogens is 260 g/mol. The van der Waals surface area contributed by atoms with Gasteiger partial charge in [0.1, 0.15) is 0 Å². The summed E-state index contributed by atoms with van der Waals surface area (Å²) in [6.07, 6.45) is 2.74. The van der Waals surface area contributed by atoms with Crippen LogP contribution in [0.3, 0.4) is 0 Å². The molecule has 0 saturated carbocycles. The second-order valence-electron chi connectivity index (χ2n) is 7.92. The largest absolute Gasteiger partial charge is 0.342 e. The lowest BCUT2D eigenvalue weighted by Gasteiger charge is -2.44. The first-order valence-corrected chi connectivity index (χ1v) is 8.86. The summed E-state index contributed by atoms with van der Waals surface area (Å²) in [5, 5.41) is 0. The van der Waals surface area contributed by atoms with Gasteiger partial charge < -0.3 is 9.80 Å². The quantitative estimate of drug-likeness (QED) is 0.798. The van der Waals surface area contributed by atoms with Gasteiger partial charge in [-0.05, 0) is 55.5 Å². The molecule has 0 spiro atoms. The van der Waals surface area contributed by atoms with Crippen LogP contribution < -0.4 is 0 Å². The van der Waals surface area contributed by atoms with Crippen molar-refractivity contribution in [3.63, 3.8) is 0 Å². The van der Waals surface area contributed by atoms with Gasteiger partial charge in [-0.15, -0.1) is 0 Å². The van der Waals surface area contributed by atoms with Gasteiger partial charge in [-0.25, -0.2) is 0 Å². The number of amides is 1. The zero-order valence-corrected chi connectivity index (χ0v) is 14.6. The van der Waals surface area contributed by atoms with Gasteiger partial charge >= 0.3 is 0 Å². The zero-order chi connectivity index (χ0) is 15.6. The molecule has 1 amide bonds. The van der Waals surface area contributed by atoms with Crippen LogP contribution in [0.4, 0.5) is 0 Å². The van der Waals surface area contributed by atoms with Crippen molar-refractivity contribution in [1.29, 1.82) is 0 Å². The fourth-order valence-corrected chi connectivity index (χ4v) is 4.32. The minimum atomic E-state index is 0.241. The normalized spacial score (nSPS) is 32.7. The van der Waals surface area contributed by atoms with E-state index in [2.05, 4.69) is 32.6 Å². The first-order valence-electron chi connectivity index (χ1n) is 8.86. The Bertz CT molecular complexity index is 335. The summed E-state index contributed by atoms with van der Waals surface area (Å²) >= 11 is 0. The minimum absolute atomic E-state index is 0.241. The summed E-state index contributed by atoms with van der Waals surface area (Å²) in [7, 11) is 0. The van der Waals surface area contributed by atoms with Crippen LogP contribution in [0.1, 0.15) is 47.5 Å².